The van der Waals surface area contributed by atoms with Crippen molar-refractivity contribution in [1.82, 2.24) is 4.90 Å². The van der Waals surface area contributed by atoms with E-state index in [9.17, 15) is 4.79 Å². The monoisotopic (exact) mass is 241 g/mol. The fraction of sp³-hybridized carbons (Fsp3) is 0.583. The average Bonchev–Trinajstić information content (AvgIpc) is 2.76. The van der Waals surface area contributed by atoms with Gasteiger partial charge in [0, 0.05) is 26.1 Å². The Hall–Kier alpha value is -1.33. The van der Waals surface area contributed by atoms with Gasteiger partial charge in [-0.1, -0.05) is 0 Å². The number of carbonyl (C=O) groups is 1. The minimum atomic E-state index is -0.826. The van der Waals surface area contributed by atoms with Crippen LogP contribution in [0.15, 0.2) is 22.8 Å². The third kappa shape index (κ3) is 5.01. The number of nitrogens with zero attached hydrogens (tertiary/aromatic N) is 1. The molecule has 0 aliphatic carbocycles. The maximum Gasteiger partial charge on any atom is 0.317 e. The maximum atomic E-state index is 10.8. The molecule has 0 saturated heterocycles. The van der Waals surface area contributed by atoms with Gasteiger partial charge in [0.2, 0.25) is 0 Å². The van der Waals surface area contributed by atoms with Gasteiger partial charge in [0.1, 0.15) is 5.76 Å². The number of ether oxygens (including phenoxy) is 1. The normalized spacial score (nSPS) is 12.9. The number of furan rings is 1. The van der Waals surface area contributed by atoms with Gasteiger partial charge >= 0.3 is 5.97 Å². The molecule has 1 N–H and O–H groups in total. The van der Waals surface area contributed by atoms with E-state index in [-0.39, 0.29) is 12.6 Å². The number of rotatable bonds is 8. The highest BCUT2D eigenvalue weighted by Gasteiger charge is 2.17. The fourth-order valence-corrected chi connectivity index (χ4v) is 1.69. The van der Waals surface area contributed by atoms with Crippen molar-refractivity contribution in [2.45, 2.75) is 19.4 Å². The van der Waals surface area contributed by atoms with Gasteiger partial charge in [-0.2, -0.15) is 0 Å². The van der Waals surface area contributed by atoms with E-state index in [1.807, 2.05) is 24.0 Å². The molecule has 5 nitrogen and oxygen atoms in total. The molecule has 1 heterocycles. The number of methoxy groups -OCH3 is 1. The molecule has 0 saturated carbocycles. The molecule has 0 spiro atoms. The molecule has 1 atom stereocenters. The van der Waals surface area contributed by atoms with Crippen molar-refractivity contribution in [2.75, 3.05) is 26.8 Å². The lowest BCUT2D eigenvalue weighted by molar-refractivity contribution is -0.139. The number of aliphatic carboxylic acids is 1. The predicted molar refractivity (Wildman–Crippen MR) is 63.0 cm³/mol. The first-order valence-corrected chi connectivity index (χ1v) is 5.60. The van der Waals surface area contributed by atoms with Crippen LogP contribution in [0.2, 0.25) is 0 Å². The Labute approximate surface area is 101 Å². The SMILES string of the molecule is COCCN(CC(=O)O)C(C)Cc1ccco1. The topological polar surface area (TPSA) is 62.9 Å². The maximum absolute atomic E-state index is 10.8. The van der Waals surface area contributed by atoms with Gasteiger partial charge in [-0.3, -0.25) is 9.69 Å². The van der Waals surface area contributed by atoms with Crippen molar-refractivity contribution in [3.05, 3.63) is 24.2 Å². The van der Waals surface area contributed by atoms with Gasteiger partial charge in [-0.05, 0) is 19.1 Å². The van der Waals surface area contributed by atoms with Crippen LogP contribution in [-0.4, -0.2) is 48.8 Å². The number of hydrogen-bond acceptors (Lipinski definition) is 4. The van der Waals surface area contributed by atoms with Crippen molar-refractivity contribution >= 4 is 5.97 Å². The van der Waals surface area contributed by atoms with Crippen LogP contribution in [0.4, 0.5) is 0 Å². The Balaban J connectivity index is 2.51. The molecule has 0 aromatic carbocycles. The van der Waals surface area contributed by atoms with Crippen LogP contribution in [0, 0.1) is 0 Å². The second kappa shape index (κ2) is 7.09. The highest BCUT2D eigenvalue weighted by atomic mass is 16.5. The van der Waals surface area contributed by atoms with E-state index in [1.165, 1.54) is 0 Å². The second-order valence-electron chi connectivity index (χ2n) is 3.99. The number of carboxylic acids is 1. The zero-order chi connectivity index (χ0) is 12.7. The molecule has 0 radical (unpaired) electrons. The number of hydrogen-bond donors (Lipinski definition) is 1. The third-order valence-electron chi connectivity index (χ3n) is 2.62. The Bertz CT molecular complexity index is 323. The summed E-state index contributed by atoms with van der Waals surface area (Å²) in [6.07, 6.45) is 2.32. The van der Waals surface area contributed by atoms with Crippen molar-refractivity contribution < 1.29 is 19.1 Å². The van der Waals surface area contributed by atoms with E-state index in [4.69, 9.17) is 14.3 Å². The summed E-state index contributed by atoms with van der Waals surface area (Å²) in [5, 5.41) is 8.85. The van der Waals surface area contributed by atoms with Crippen LogP contribution < -0.4 is 0 Å². The summed E-state index contributed by atoms with van der Waals surface area (Å²) in [6, 6.07) is 3.83. The zero-order valence-corrected chi connectivity index (χ0v) is 10.3. The Morgan fingerprint density at radius 3 is 2.94 bits per heavy atom. The number of carboxylic acid groups (broad SMARTS) is 1. The van der Waals surface area contributed by atoms with Crippen molar-refractivity contribution in [2.24, 2.45) is 0 Å². The fourth-order valence-electron chi connectivity index (χ4n) is 1.69. The van der Waals surface area contributed by atoms with Gasteiger partial charge in [-0.25, -0.2) is 0 Å². The second-order valence-corrected chi connectivity index (χ2v) is 3.99. The molecule has 17 heavy (non-hydrogen) atoms. The van der Waals surface area contributed by atoms with Crippen LogP contribution >= 0.6 is 0 Å². The molecule has 0 amide bonds. The molecule has 96 valence electrons. The quantitative estimate of drug-likeness (QED) is 0.742. The summed E-state index contributed by atoms with van der Waals surface area (Å²) < 4.78 is 10.2. The van der Waals surface area contributed by atoms with Crippen LogP contribution in [0.25, 0.3) is 0 Å². The van der Waals surface area contributed by atoms with Crippen LogP contribution in [0.3, 0.4) is 0 Å². The minimum absolute atomic E-state index is 0.0191. The summed E-state index contributed by atoms with van der Waals surface area (Å²) in [5.41, 5.74) is 0. The van der Waals surface area contributed by atoms with Crippen LogP contribution in [-0.2, 0) is 16.0 Å². The summed E-state index contributed by atoms with van der Waals surface area (Å²) >= 11 is 0. The first-order chi connectivity index (χ1) is 8.13. The molecule has 1 aromatic heterocycles. The van der Waals surface area contributed by atoms with E-state index in [2.05, 4.69) is 0 Å². The Morgan fingerprint density at radius 1 is 1.65 bits per heavy atom. The molecule has 0 aliphatic rings. The van der Waals surface area contributed by atoms with Gasteiger partial charge < -0.3 is 14.3 Å². The van der Waals surface area contributed by atoms with Crippen molar-refractivity contribution in [3.63, 3.8) is 0 Å². The highest BCUT2D eigenvalue weighted by Crippen LogP contribution is 2.09. The predicted octanol–water partition coefficient (Wildman–Crippen LogP) is 1.24. The first-order valence-electron chi connectivity index (χ1n) is 5.60. The average molecular weight is 241 g/mol. The van der Waals surface area contributed by atoms with Gasteiger partial charge in [-0.15, -0.1) is 0 Å². The van der Waals surface area contributed by atoms with E-state index in [0.717, 1.165) is 5.76 Å². The van der Waals surface area contributed by atoms with E-state index < -0.39 is 5.97 Å². The first kappa shape index (κ1) is 13.7. The van der Waals surface area contributed by atoms with Crippen LogP contribution in [0.1, 0.15) is 12.7 Å². The molecule has 0 bridgehead atoms. The van der Waals surface area contributed by atoms with E-state index in [1.54, 1.807) is 13.4 Å². The lowest BCUT2D eigenvalue weighted by atomic mass is 10.1. The molecule has 5 heteroatoms. The van der Waals surface area contributed by atoms with Crippen LogP contribution in [0.5, 0.6) is 0 Å². The molecule has 1 unspecified atom stereocenters. The Morgan fingerprint density at radius 2 is 2.41 bits per heavy atom. The standard InChI is InChI=1S/C12H19NO4/c1-10(8-11-4-3-6-17-11)13(5-7-16-2)9-12(14)15/h3-4,6,10H,5,7-9H2,1-2H3,(H,14,15). The third-order valence-corrected chi connectivity index (χ3v) is 2.62. The van der Waals surface area contributed by atoms with E-state index in [0.29, 0.717) is 19.6 Å². The minimum Gasteiger partial charge on any atom is -0.480 e. The molecule has 0 fully saturated rings. The summed E-state index contributed by atoms with van der Waals surface area (Å²) in [7, 11) is 1.61. The summed E-state index contributed by atoms with van der Waals surface area (Å²) in [5.74, 6) is 0.0395. The molecule has 1 rings (SSSR count). The molecule has 1 aromatic rings. The largest absolute Gasteiger partial charge is 0.480 e. The lowest BCUT2D eigenvalue weighted by Gasteiger charge is -2.26. The smallest absolute Gasteiger partial charge is 0.317 e. The summed E-state index contributed by atoms with van der Waals surface area (Å²) in [4.78, 5) is 12.6. The van der Waals surface area contributed by atoms with Crippen molar-refractivity contribution in [1.29, 1.82) is 0 Å². The molecule has 0 aliphatic heterocycles. The summed E-state index contributed by atoms with van der Waals surface area (Å²) in [6.45, 7) is 3.13. The van der Waals surface area contributed by atoms with E-state index >= 15 is 0 Å². The van der Waals surface area contributed by atoms with Gasteiger partial charge in [0.15, 0.2) is 0 Å². The van der Waals surface area contributed by atoms with Gasteiger partial charge in [0.25, 0.3) is 0 Å². The zero-order valence-electron chi connectivity index (χ0n) is 10.3. The van der Waals surface area contributed by atoms with Gasteiger partial charge in [0.05, 0.1) is 19.4 Å². The molecular formula is C12H19NO4. The van der Waals surface area contributed by atoms with Crippen molar-refractivity contribution in [3.8, 4) is 0 Å². The lowest BCUT2D eigenvalue weighted by Crippen LogP contribution is -2.40. The Kier molecular flexibility index (Phi) is 5.72. The highest BCUT2D eigenvalue weighted by molar-refractivity contribution is 5.69. The molecular weight excluding hydrogens is 222 g/mol.